The predicted molar refractivity (Wildman–Crippen MR) is 71.3 cm³/mol. The summed E-state index contributed by atoms with van der Waals surface area (Å²) >= 11 is 0. The lowest BCUT2D eigenvalue weighted by molar-refractivity contribution is -0.146. The number of benzene rings is 1. The number of methoxy groups -OCH3 is 1. The van der Waals surface area contributed by atoms with Gasteiger partial charge in [-0.2, -0.15) is 0 Å². The zero-order valence-corrected chi connectivity index (χ0v) is 11.1. The van der Waals surface area contributed by atoms with Crippen LogP contribution >= 0.6 is 0 Å². The summed E-state index contributed by atoms with van der Waals surface area (Å²) in [5, 5.41) is 3.20. The monoisotopic (exact) mass is 265 g/mol. The summed E-state index contributed by atoms with van der Waals surface area (Å²) in [5.41, 5.74) is 2.02. The Morgan fingerprint density at radius 3 is 2.89 bits per heavy atom. The Hall–Kier alpha value is -1.59. The fraction of sp³-hybridized carbons (Fsp3) is 0.500. The second kappa shape index (κ2) is 7.11. The molecule has 1 aromatic rings. The van der Waals surface area contributed by atoms with Gasteiger partial charge in [0.2, 0.25) is 0 Å². The van der Waals surface area contributed by atoms with E-state index in [1.165, 1.54) is 0 Å². The number of rotatable bonds is 7. The molecule has 0 amide bonds. The topological polar surface area (TPSA) is 56.8 Å². The minimum absolute atomic E-state index is 0.201. The van der Waals surface area contributed by atoms with Crippen LogP contribution in [-0.2, 0) is 19.0 Å². The summed E-state index contributed by atoms with van der Waals surface area (Å²) in [7, 11) is 1.62. The summed E-state index contributed by atoms with van der Waals surface area (Å²) in [6.07, 6.45) is 0. The van der Waals surface area contributed by atoms with Crippen molar-refractivity contribution in [1.82, 2.24) is 0 Å². The summed E-state index contributed by atoms with van der Waals surface area (Å²) in [4.78, 5) is 12.0. The average Bonchev–Trinajstić information content (AvgIpc) is 2.86. The van der Waals surface area contributed by atoms with Gasteiger partial charge in [0.15, 0.2) is 0 Å². The average molecular weight is 265 g/mol. The number of para-hydroxylation sites is 1. The summed E-state index contributed by atoms with van der Waals surface area (Å²) in [5.74, 6) is -0.414. The Kier molecular flexibility index (Phi) is 5.18. The molecule has 0 radical (unpaired) electrons. The number of hydrogen-bond acceptors (Lipinski definition) is 5. The van der Waals surface area contributed by atoms with Crippen LogP contribution in [0.2, 0.25) is 0 Å². The standard InChI is InChI=1S/C14H19NO4/c1-17-6-7-18-8-9-19-14(16)12-10-15-13-5-3-2-4-11(12)13/h2-5,12,15H,6-10H2,1H3. The molecule has 104 valence electrons. The third kappa shape index (κ3) is 3.68. The molecule has 0 aromatic heterocycles. The van der Waals surface area contributed by atoms with Crippen LogP contribution in [0.25, 0.3) is 0 Å². The molecule has 2 rings (SSSR count). The number of nitrogens with one attached hydrogen (secondary N) is 1. The molecule has 19 heavy (non-hydrogen) atoms. The van der Waals surface area contributed by atoms with E-state index in [4.69, 9.17) is 14.2 Å². The Morgan fingerprint density at radius 2 is 2.05 bits per heavy atom. The lowest BCUT2D eigenvalue weighted by atomic mass is 10.0. The first-order valence-electron chi connectivity index (χ1n) is 6.39. The van der Waals surface area contributed by atoms with Gasteiger partial charge < -0.3 is 19.5 Å². The molecule has 5 heteroatoms. The Morgan fingerprint density at radius 1 is 1.26 bits per heavy atom. The fourth-order valence-corrected chi connectivity index (χ4v) is 2.04. The van der Waals surface area contributed by atoms with Gasteiger partial charge in [-0.05, 0) is 11.6 Å². The molecule has 0 saturated carbocycles. The quantitative estimate of drug-likeness (QED) is 0.596. The maximum absolute atomic E-state index is 12.0. The molecule has 0 bridgehead atoms. The summed E-state index contributed by atoms with van der Waals surface area (Å²) in [6.45, 7) is 2.34. The van der Waals surface area contributed by atoms with E-state index in [-0.39, 0.29) is 18.5 Å². The molecule has 1 unspecified atom stereocenters. The van der Waals surface area contributed by atoms with Gasteiger partial charge in [-0.15, -0.1) is 0 Å². The van der Waals surface area contributed by atoms with Gasteiger partial charge in [0.05, 0.1) is 19.8 Å². The first kappa shape index (κ1) is 13.8. The normalized spacial score (nSPS) is 16.8. The van der Waals surface area contributed by atoms with Gasteiger partial charge in [-0.1, -0.05) is 18.2 Å². The maximum atomic E-state index is 12.0. The minimum Gasteiger partial charge on any atom is -0.463 e. The molecule has 1 aliphatic heterocycles. The van der Waals surface area contributed by atoms with Crippen LogP contribution in [0.5, 0.6) is 0 Å². The van der Waals surface area contributed by atoms with Gasteiger partial charge >= 0.3 is 5.97 Å². The number of hydrogen-bond donors (Lipinski definition) is 1. The van der Waals surface area contributed by atoms with Crippen molar-refractivity contribution < 1.29 is 19.0 Å². The lowest BCUT2D eigenvalue weighted by Gasteiger charge is -2.10. The van der Waals surface area contributed by atoms with Crippen LogP contribution in [0.15, 0.2) is 24.3 Å². The first-order valence-corrected chi connectivity index (χ1v) is 6.39. The van der Waals surface area contributed by atoms with Crippen LogP contribution in [-0.4, -0.2) is 46.1 Å². The molecular formula is C14H19NO4. The zero-order valence-electron chi connectivity index (χ0n) is 11.1. The van der Waals surface area contributed by atoms with Gasteiger partial charge in [-0.25, -0.2) is 0 Å². The maximum Gasteiger partial charge on any atom is 0.315 e. The van der Waals surface area contributed by atoms with E-state index >= 15 is 0 Å². The second-order valence-corrected chi connectivity index (χ2v) is 4.29. The van der Waals surface area contributed by atoms with E-state index < -0.39 is 0 Å². The number of fused-ring (bicyclic) bond motifs is 1. The van der Waals surface area contributed by atoms with Crippen LogP contribution in [0.1, 0.15) is 11.5 Å². The van der Waals surface area contributed by atoms with E-state index in [2.05, 4.69) is 5.32 Å². The van der Waals surface area contributed by atoms with E-state index in [0.717, 1.165) is 11.3 Å². The van der Waals surface area contributed by atoms with Gasteiger partial charge in [0, 0.05) is 19.3 Å². The van der Waals surface area contributed by atoms with Crippen LogP contribution in [0.4, 0.5) is 5.69 Å². The van der Waals surface area contributed by atoms with Gasteiger partial charge in [0.1, 0.15) is 12.5 Å². The minimum atomic E-state index is -0.213. The highest BCUT2D eigenvalue weighted by atomic mass is 16.6. The van der Waals surface area contributed by atoms with E-state index in [0.29, 0.717) is 26.4 Å². The molecular weight excluding hydrogens is 246 g/mol. The zero-order chi connectivity index (χ0) is 13.5. The van der Waals surface area contributed by atoms with Crippen molar-refractivity contribution in [3.05, 3.63) is 29.8 Å². The lowest BCUT2D eigenvalue weighted by Crippen LogP contribution is -2.20. The van der Waals surface area contributed by atoms with Crippen LogP contribution in [0, 0.1) is 0 Å². The Balaban J connectivity index is 1.73. The van der Waals surface area contributed by atoms with Crippen molar-refractivity contribution in [3.8, 4) is 0 Å². The van der Waals surface area contributed by atoms with Crippen molar-refractivity contribution in [3.63, 3.8) is 0 Å². The number of esters is 1. The number of carbonyl (C=O) groups excluding carboxylic acids is 1. The van der Waals surface area contributed by atoms with Crippen molar-refractivity contribution in [2.45, 2.75) is 5.92 Å². The number of ether oxygens (including phenoxy) is 3. The molecule has 0 saturated heterocycles. The van der Waals surface area contributed by atoms with Gasteiger partial charge in [-0.3, -0.25) is 4.79 Å². The third-order valence-electron chi connectivity index (χ3n) is 3.02. The van der Waals surface area contributed by atoms with Crippen LogP contribution < -0.4 is 5.32 Å². The highest BCUT2D eigenvalue weighted by molar-refractivity contribution is 5.83. The molecule has 1 aliphatic rings. The van der Waals surface area contributed by atoms with Crippen molar-refractivity contribution in [2.75, 3.05) is 45.4 Å². The smallest absolute Gasteiger partial charge is 0.315 e. The summed E-state index contributed by atoms with van der Waals surface area (Å²) in [6, 6.07) is 7.80. The second-order valence-electron chi connectivity index (χ2n) is 4.29. The first-order chi connectivity index (χ1) is 9.33. The molecule has 1 N–H and O–H groups in total. The molecule has 1 atom stereocenters. The molecule has 0 fully saturated rings. The molecule has 0 spiro atoms. The molecule has 5 nitrogen and oxygen atoms in total. The Labute approximate surface area is 112 Å². The van der Waals surface area contributed by atoms with Crippen molar-refractivity contribution in [1.29, 1.82) is 0 Å². The number of anilines is 1. The van der Waals surface area contributed by atoms with Crippen molar-refractivity contribution in [2.24, 2.45) is 0 Å². The molecule has 1 heterocycles. The molecule has 1 aromatic carbocycles. The number of carbonyl (C=O) groups is 1. The fourth-order valence-electron chi connectivity index (χ4n) is 2.04. The predicted octanol–water partition coefficient (Wildman–Crippen LogP) is 1.40. The highest BCUT2D eigenvalue weighted by Gasteiger charge is 2.29. The van der Waals surface area contributed by atoms with E-state index in [1.807, 2.05) is 24.3 Å². The van der Waals surface area contributed by atoms with E-state index in [1.54, 1.807) is 7.11 Å². The van der Waals surface area contributed by atoms with E-state index in [9.17, 15) is 4.79 Å². The van der Waals surface area contributed by atoms with Crippen molar-refractivity contribution >= 4 is 11.7 Å². The largest absolute Gasteiger partial charge is 0.463 e. The SMILES string of the molecule is COCCOCCOC(=O)C1CNc2ccccc21. The Bertz CT molecular complexity index is 422. The van der Waals surface area contributed by atoms with Gasteiger partial charge in [0.25, 0.3) is 0 Å². The molecule has 0 aliphatic carbocycles. The third-order valence-corrected chi connectivity index (χ3v) is 3.02. The summed E-state index contributed by atoms with van der Waals surface area (Å²) < 4.78 is 15.3. The van der Waals surface area contributed by atoms with Crippen LogP contribution in [0.3, 0.4) is 0 Å². The highest BCUT2D eigenvalue weighted by Crippen LogP contribution is 2.31.